The van der Waals surface area contributed by atoms with E-state index >= 15 is 0 Å². The number of halogens is 3. The number of benzene rings is 1. The minimum atomic E-state index is -4.58. The van der Waals surface area contributed by atoms with Crippen molar-refractivity contribution in [1.29, 1.82) is 0 Å². The molecule has 0 atom stereocenters. The second kappa shape index (κ2) is 7.81. The molecule has 0 aliphatic carbocycles. The lowest BCUT2D eigenvalue weighted by molar-refractivity contribution is -0.136. The van der Waals surface area contributed by atoms with Crippen LogP contribution in [0.25, 0.3) is 0 Å². The molecule has 0 radical (unpaired) electrons. The van der Waals surface area contributed by atoms with E-state index in [1.54, 1.807) is 12.4 Å². The van der Waals surface area contributed by atoms with Crippen molar-refractivity contribution in [2.75, 3.05) is 10.6 Å². The van der Waals surface area contributed by atoms with E-state index in [9.17, 15) is 18.0 Å². The molecule has 3 rings (SSSR count). The SMILES string of the molecule is O=C(Nc1ccccc1C(F)(F)F)c1cc(NCc2ccncc2)ncn1. The number of hydrogen-bond acceptors (Lipinski definition) is 5. The second-order valence-electron chi connectivity index (χ2n) is 5.49. The van der Waals surface area contributed by atoms with Gasteiger partial charge in [0.25, 0.3) is 5.91 Å². The Bertz CT molecular complexity index is 932. The normalized spacial score (nSPS) is 11.1. The molecule has 138 valence electrons. The maximum Gasteiger partial charge on any atom is 0.418 e. The maximum absolute atomic E-state index is 13.0. The minimum absolute atomic E-state index is 0.0563. The molecule has 2 N–H and O–H groups in total. The number of nitrogens with zero attached hydrogens (tertiary/aromatic N) is 3. The molecule has 3 aromatic rings. The summed E-state index contributed by atoms with van der Waals surface area (Å²) in [5, 5.41) is 5.27. The molecule has 0 spiro atoms. The highest BCUT2D eigenvalue weighted by molar-refractivity contribution is 6.03. The van der Waals surface area contributed by atoms with E-state index < -0.39 is 17.6 Å². The summed E-state index contributed by atoms with van der Waals surface area (Å²) in [4.78, 5) is 24.1. The Labute approximate surface area is 152 Å². The minimum Gasteiger partial charge on any atom is -0.366 e. The van der Waals surface area contributed by atoms with E-state index in [1.165, 1.54) is 30.6 Å². The average Bonchev–Trinajstić information content (AvgIpc) is 2.67. The van der Waals surface area contributed by atoms with Crippen LogP contribution in [0.2, 0.25) is 0 Å². The third-order valence-electron chi connectivity index (χ3n) is 3.60. The van der Waals surface area contributed by atoms with Gasteiger partial charge in [0, 0.05) is 25.0 Å². The van der Waals surface area contributed by atoms with Crippen LogP contribution in [0.3, 0.4) is 0 Å². The lowest BCUT2D eigenvalue weighted by Crippen LogP contribution is -2.18. The van der Waals surface area contributed by atoms with Crippen molar-refractivity contribution in [3.63, 3.8) is 0 Å². The Balaban J connectivity index is 1.73. The smallest absolute Gasteiger partial charge is 0.366 e. The van der Waals surface area contributed by atoms with E-state index in [0.717, 1.165) is 11.6 Å². The number of hydrogen-bond donors (Lipinski definition) is 2. The molecule has 1 amide bonds. The summed E-state index contributed by atoms with van der Waals surface area (Å²) in [7, 11) is 0. The van der Waals surface area contributed by atoms with Gasteiger partial charge in [0.15, 0.2) is 0 Å². The maximum atomic E-state index is 13.0. The first-order chi connectivity index (χ1) is 12.9. The number of anilines is 2. The number of pyridine rings is 1. The molecule has 0 unspecified atom stereocenters. The fourth-order valence-electron chi connectivity index (χ4n) is 2.30. The zero-order valence-electron chi connectivity index (χ0n) is 13.9. The van der Waals surface area contributed by atoms with Gasteiger partial charge in [-0.3, -0.25) is 9.78 Å². The fraction of sp³-hybridized carbons (Fsp3) is 0.111. The summed E-state index contributed by atoms with van der Waals surface area (Å²) in [6.45, 7) is 0.442. The van der Waals surface area contributed by atoms with Gasteiger partial charge < -0.3 is 10.6 Å². The van der Waals surface area contributed by atoms with Crippen LogP contribution in [-0.4, -0.2) is 20.9 Å². The molecule has 6 nitrogen and oxygen atoms in total. The van der Waals surface area contributed by atoms with Gasteiger partial charge in [-0.2, -0.15) is 13.2 Å². The number of rotatable bonds is 5. The van der Waals surface area contributed by atoms with E-state index in [2.05, 4.69) is 25.6 Å². The predicted octanol–water partition coefficient (Wildman–Crippen LogP) is 3.75. The van der Waals surface area contributed by atoms with Crippen LogP contribution in [-0.2, 0) is 12.7 Å². The Hall–Kier alpha value is -3.49. The van der Waals surface area contributed by atoms with Crippen molar-refractivity contribution in [1.82, 2.24) is 15.0 Å². The second-order valence-corrected chi connectivity index (χ2v) is 5.49. The van der Waals surface area contributed by atoms with Gasteiger partial charge in [-0.15, -0.1) is 0 Å². The van der Waals surface area contributed by atoms with Gasteiger partial charge >= 0.3 is 6.18 Å². The summed E-state index contributed by atoms with van der Waals surface area (Å²) >= 11 is 0. The van der Waals surface area contributed by atoms with Crippen LogP contribution < -0.4 is 10.6 Å². The average molecular weight is 373 g/mol. The highest BCUT2D eigenvalue weighted by Gasteiger charge is 2.33. The lowest BCUT2D eigenvalue weighted by Gasteiger charge is -2.13. The Morgan fingerprint density at radius 1 is 1.04 bits per heavy atom. The monoisotopic (exact) mass is 373 g/mol. The first kappa shape index (κ1) is 18.3. The number of nitrogens with one attached hydrogen (secondary N) is 2. The molecule has 0 saturated carbocycles. The molecule has 0 aliphatic rings. The Kier molecular flexibility index (Phi) is 5.30. The van der Waals surface area contributed by atoms with Crippen LogP contribution in [0.4, 0.5) is 24.7 Å². The van der Waals surface area contributed by atoms with Crippen molar-refractivity contribution >= 4 is 17.4 Å². The van der Waals surface area contributed by atoms with E-state index in [4.69, 9.17) is 0 Å². The zero-order chi connectivity index (χ0) is 19.3. The molecule has 1 aromatic carbocycles. The molecule has 0 aliphatic heterocycles. The number of alkyl halides is 3. The molecular weight excluding hydrogens is 359 g/mol. The van der Waals surface area contributed by atoms with Crippen molar-refractivity contribution in [2.45, 2.75) is 12.7 Å². The van der Waals surface area contributed by atoms with Gasteiger partial charge in [-0.1, -0.05) is 12.1 Å². The van der Waals surface area contributed by atoms with Crippen molar-refractivity contribution in [3.05, 3.63) is 78.0 Å². The first-order valence-corrected chi connectivity index (χ1v) is 7.86. The van der Waals surface area contributed by atoms with Crippen LogP contribution in [0.5, 0.6) is 0 Å². The standard InChI is InChI=1S/C18H14F3N5O/c19-18(20,21)13-3-1-2-4-14(13)26-17(27)15-9-16(25-11-24-15)23-10-12-5-7-22-8-6-12/h1-9,11H,10H2,(H,26,27)(H,23,24,25). The van der Waals surface area contributed by atoms with Crippen molar-refractivity contribution in [3.8, 4) is 0 Å². The van der Waals surface area contributed by atoms with Gasteiger partial charge in [-0.25, -0.2) is 9.97 Å². The quantitative estimate of drug-likeness (QED) is 0.712. The summed E-state index contributed by atoms with van der Waals surface area (Å²) in [5.74, 6) is -0.392. The van der Waals surface area contributed by atoms with Crippen molar-refractivity contribution in [2.24, 2.45) is 0 Å². The molecular formula is C18H14F3N5O. The van der Waals surface area contributed by atoms with E-state index in [1.807, 2.05) is 12.1 Å². The first-order valence-electron chi connectivity index (χ1n) is 7.86. The molecule has 27 heavy (non-hydrogen) atoms. The molecule has 0 bridgehead atoms. The van der Waals surface area contributed by atoms with Gasteiger partial charge in [-0.05, 0) is 29.8 Å². The number of para-hydroxylation sites is 1. The molecule has 0 saturated heterocycles. The molecule has 2 heterocycles. The molecule has 0 fully saturated rings. The van der Waals surface area contributed by atoms with Gasteiger partial charge in [0.05, 0.1) is 11.3 Å². The summed E-state index contributed by atoms with van der Waals surface area (Å²) in [5.41, 5.74) is -0.365. The number of aromatic nitrogens is 3. The topological polar surface area (TPSA) is 79.8 Å². The highest BCUT2D eigenvalue weighted by atomic mass is 19.4. The highest BCUT2D eigenvalue weighted by Crippen LogP contribution is 2.34. The number of carbonyl (C=O) groups is 1. The van der Waals surface area contributed by atoms with Crippen LogP contribution in [0, 0.1) is 0 Å². The third-order valence-corrected chi connectivity index (χ3v) is 3.60. The number of amides is 1. The summed E-state index contributed by atoms with van der Waals surface area (Å²) in [6, 6.07) is 9.75. The fourth-order valence-corrected chi connectivity index (χ4v) is 2.30. The van der Waals surface area contributed by atoms with Crippen LogP contribution in [0.1, 0.15) is 21.6 Å². The summed E-state index contributed by atoms with van der Waals surface area (Å²) in [6.07, 6.45) is -0.117. The predicted molar refractivity (Wildman–Crippen MR) is 93.0 cm³/mol. The summed E-state index contributed by atoms with van der Waals surface area (Å²) < 4.78 is 39.1. The van der Waals surface area contributed by atoms with Crippen molar-refractivity contribution < 1.29 is 18.0 Å². The van der Waals surface area contributed by atoms with Crippen LogP contribution >= 0.6 is 0 Å². The third kappa shape index (κ3) is 4.78. The van der Waals surface area contributed by atoms with E-state index in [0.29, 0.717) is 12.4 Å². The van der Waals surface area contributed by atoms with Gasteiger partial charge in [0.2, 0.25) is 0 Å². The molecule has 9 heteroatoms. The number of carbonyl (C=O) groups excluding carboxylic acids is 1. The lowest BCUT2D eigenvalue weighted by atomic mass is 10.1. The molecule has 2 aromatic heterocycles. The zero-order valence-corrected chi connectivity index (χ0v) is 13.9. The largest absolute Gasteiger partial charge is 0.418 e. The Morgan fingerprint density at radius 3 is 2.52 bits per heavy atom. The van der Waals surface area contributed by atoms with E-state index in [-0.39, 0.29) is 11.4 Å². The Morgan fingerprint density at radius 2 is 1.78 bits per heavy atom. The van der Waals surface area contributed by atoms with Crippen LogP contribution in [0.15, 0.2) is 61.2 Å². The van der Waals surface area contributed by atoms with Gasteiger partial charge in [0.1, 0.15) is 17.8 Å².